The molecular formula is C20H16Cl2O2. The Morgan fingerprint density at radius 1 is 0.750 bits per heavy atom. The zero-order valence-corrected chi connectivity index (χ0v) is 14.4. The van der Waals surface area contributed by atoms with Gasteiger partial charge in [-0.05, 0) is 47.5 Å². The fourth-order valence-corrected chi connectivity index (χ4v) is 2.41. The predicted octanol–water partition coefficient (Wildman–Crippen LogP) is 5.64. The second-order valence-electron chi connectivity index (χ2n) is 5.21. The van der Waals surface area contributed by atoms with Crippen LogP contribution in [0, 0.1) is 0 Å². The largest absolute Gasteiger partial charge is 0.295 e. The second-order valence-corrected chi connectivity index (χ2v) is 6.08. The van der Waals surface area contributed by atoms with E-state index in [-0.39, 0.29) is 24.4 Å². The van der Waals surface area contributed by atoms with Crippen LogP contribution >= 0.6 is 23.2 Å². The van der Waals surface area contributed by atoms with Crippen molar-refractivity contribution in [1.29, 1.82) is 0 Å². The van der Waals surface area contributed by atoms with Crippen LogP contribution in [0.15, 0.2) is 60.7 Å². The highest BCUT2D eigenvalue weighted by Crippen LogP contribution is 2.13. The molecule has 0 unspecified atom stereocenters. The van der Waals surface area contributed by atoms with Crippen LogP contribution in [0.2, 0.25) is 10.0 Å². The van der Waals surface area contributed by atoms with E-state index in [1.165, 1.54) is 12.2 Å². The number of hydrogen-bond donors (Lipinski definition) is 0. The maximum Gasteiger partial charge on any atom is 0.156 e. The molecule has 4 heteroatoms. The molecule has 2 rings (SSSR count). The molecule has 0 aromatic heterocycles. The van der Waals surface area contributed by atoms with E-state index in [0.717, 1.165) is 11.1 Å². The minimum Gasteiger partial charge on any atom is -0.295 e. The van der Waals surface area contributed by atoms with Gasteiger partial charge < -0.3 is 0 Å². The molecule has 2 aromatic rings. The molecule has 24 heavy (non-hydrogen) atoms. The Bertz CT molecular complexity index is 724. The Kier molecular flexibility index (Phi) is 6.98. The topological polar surface area (TPSA) is 34.1 Å². The summed E-state index contributed by atoms with van der Waals surface area (Å²) in [5.74, 6) is -0.195. The monoisotopic (exact) mass is 358 g/mol. The Morgan fingerprint density at radius 2 is 1.17 bits per heavy atom. The number of ketones is 2. The molecule has 0 N–H and O–H groups in total. The van der Waals surface area contributed by atoms with Crippen molar-refractivity contribution >= 4 is 46.9 Å². The predicted molar refractivity (Wildman–Crippen MR) is 100 cm³/mol. The van der Waals surface area contributed by atoms with Crippen LogP contribution in [0.5, 0.6) is 0 Å². The summed E-state index contributed by atoms with van der Waals surface area (Å²) in [6.07, 6.45) is 6.69. The molecule has 2 aromatic carbocycles. The number of halogens is 2. The van der Waals surface area contributed by atoms with Gasteiger partial charge in [0.25, 0.3) is 0 Å². The first kappa shape index (κ1) is 18.2. The first-order valence-corrected chi connectivity index (χ1v) is 8.21. The van der Waals surface area contributed by atoms with Gasteiger partial charge in [0, 0.05) is 22.9 Å². The normalized spacial score (nSPS) is 11.2. The van der Waals surface area contributed by atoms with E-state index in [2.05, 4.69) is 0 Å². The molecule has 0 amide bonds. The highest BCUT2D eigenvalue weighted by Gasteiger charge is 2.02. The van der Waals surface area contributed by atoms with Gasteiger partial charge in [-0.15, -0.1) is 0 Å². The summed E-state index contributed by atoms with van der Waals surface area (Å²) in [5, 5.41) is 1.23. The zero-order valence-electron chi connectivity index (χ0n) is 12.9. The third-order valence-corrected chi connectivity index (χ3v) is 3.71. The van der Waals surface area contributed by atoms with E-state index in [1.807, 2.05) is 24.3 Å². The van der Waals surface area contributed by atoms with E-state index in [1.54, 1.807) is 36.4 Å². The summed E-state index contributed by atoms with van der Waals surface area (Å²) in [5.41, 5.74) is 1.70. The maximum absolute atomic E-state index is 11.8. The molecule has 0 atom stereocenters. The molecule has 0 aliphatic rings. The van der Waals surface area contributed by atoms with Crippen LogP contribution in [0.25, 0.3) is 12.2 Å². The van der Waals surface area contributed by atoms with Gasteiger partial charge in [0.15, 0.2) is 11.6 Å². The number of rotatable bonds is 7. The lowest BCUT2D eigenvalue weighted by atomic mass is 10.1. The van der Waals surface area contributed by atoms with Gasteiger partial charge in [-0.1, -0.05) is 59.6 Å². The fraction of sp³-hybridized carbons (Fsp3) is 0.100. The van der Waals surface area contributed by atoms with Crippen molar-refractivity contribution < 1.29 is 9.59 Å². The SMILES string of the molecule is O=C(C=Cc1cccc(Cl)c1)CCC(=O)C=Cc1cccc(Cl)c1. The fourth-order valence-electron chi connectivity index (χ4n) is 2.01. The maximum atomic E-state index is 11.8. The number of carbonyl (C=O) groups is 2. The molecule has 0 bridgehead atoms. The second kappa shape index (κ2) is 9.21. The Balaban J connectivity index is 1.82. The van der Waals surface area contributed by atoms with Gasteiger partial charge in [-0.3, -0.25) is 9.59 Å². The highest BCUT2D eigenvalue weighted by molar-refractivity contribution is 6.31. The summed E-state index contributed by atoms with van der Waals surface area (Å²) in [6.45, 7) is 0. The van der Waals surface area contributed by atoms with Crippen LogP contribution in [-0.4, -0.2) is 11.6 Å². The zero-order chi connectivity index (χ0) is 17.4. The summed E-state index contributed by atoms with van der Waals surface area (Å²) in [4.78, 5) is 23.6. The summed E-state index contributed by atoms with van der Waals surface area (Å²) in [7, 11) is 0. The third kappa shape index (κ3) is 6.53. The lowest BCUT2D eigenvalue weighted by Crippen LogP contribution is -1.99. The van der Waals surface area contributed by atoms with E-state index in [0.29, 0.717) is 10.0 Å². The van der Waals surface area contributed by atoms with E-state index in [4.69, 9.17) is 23.2 Å². The molecule has 2 nitrogen and oxygen atoms in total. The van der Waals surface area contributed by atoms with Crippen LogP contribution < -0.4 is 0 Å². The van der Waals surface area contributed by atoms with Crippen molar-refractivity contribution in [2.45, 2.75) is 12.8 Å². The van der Waals surface area contributed by atoms with Crippen LogP contribution in [0.1, 0.15) is 24.0 Å². The minimum atomic E-state index is -0.0977. The smallest absolute Gasteiger partial charge is 0.156 e. The molecular weight excluding hydrogens is 343 g/mol. The van der Waals surface area contributed by atoms with Crippen molar-refractivity contribution in [3.8, 4) is 0 Å². The van der Waals surface area contributed by atoms with Crippen LogP contribution in [0.4, 0.5) is 0 Å². The van der Waals surface area contributed by atoms with Crippen molar-refractivity contribution in [3.63, 3.8) is 0 Å². The molecule has 0 radical (unpaired) electrons. The van der Waals surface area contributed by atoms with Gasteiger partial charge in [-0.25, -0.2) is 0 Å². The van der Waals surface area contributed by atoms with Crippen LogP contribution in [0.3, 0.4) is 0 Å². The average Bonchev–Trinajstić information content (AvgIpc) is 2.56. The summed E-state index contributed by atoms with van der Waals surface area (Å²) < 4.78 is 0. The minimum absolute atomic E-state index is 0.0977. The first-order chi connectivity index (χ1) is 11.5. The van der Waals surface area contributed by atoms with Crippen molar-refractivity contribution in [2.24, 2.45) is 0 Å². The molecule has 122 valence electrons. The van der Waals surface area contributed by atoms with Crippen molar-refractivity contribution in [1.82, 2.24) is 0 Å². The molecule has 0 saturated heterocycles. The molecule has 0 fully saturated rings. The lowest BCUT2D eigenvalue weighted by molar-refractivity contribution is -0.119. The summed E-state index contributed by atoms with van der Waals surface area (Å²) >= 11 is 11.8. The number of carbonyl (C=O) groups excluding carboxylic acids is 2. The first-order valence-electron chi connectivity index (χ1n) is 7.46. The van der Waals surface area contributed by atoms with Gasteiger partial charge in [0.1, 0.15) is 0 Å². The molecule has 0 spiro atoms. The highest BCUT2D eigenvalue weighted by atomic mass is 35.5. The van der Waals surface area contributed by atoms with Crippen molar-refractivity contribution in [2.75, 3.05) is 0 Å². The molecule has 0 aliphatic carbocycles. The van der Waals surface area contributed by atoms with E-state index < -0.39 is 0 Å². The van der Waals surface area contributed by atoms with Crippen LogP contribution in [-0.2, 0) is 9.59 Å². The van der Waals surface area contributed by atoms with Gasteiger partial charge >= 0.3 is 0 Å². The number of benzene rings is 2. The molecule has 0 heterocycles. The van der Waals surface area contributed by atoms with E-state index in [9.17, 15) is 9.59 Å². The average molecular weight is 359 g/mol. The van der Waals surface area contributed by atoms with Gasteiger partial charge in [0.05, 0.1) is 0 Å². The van der Waals surface area contributed by atoms with E-state index >= 15 is 0 Å². The lowest BCUT2D eigenvalue weighted by Gasteiger charge is -1.96. The Morgan fingerprint density at radius 3 is 1.54 bits per heavy atom. The quantitative estimate of drug-likeness (QED) is 0.600. The Labute approximate surface area is 151 Å². The van der Waals surface area contributed by atoms with Gasteiger partial charge in [-0.2, -0.15) is 0 Å². The third-order valence-electron chi connectivity index (χ3n) is 3.24. The number of allylic oxidation sites excluding steroid dienone is 2. The standard InChI is InChI=1S/C20H16Cl2O2/c21-17-5-1-3-15(13-17)7-9-19(23)11-12-20(24)10-8-16-4-2-6-18(22)14-16/h1-10,13-14H,11-12H2. The Hall–Kier alpha value is -2.16. The summed E-state index contributed by atoms with van der Waals surface area (Å²) in [6, 6.07) is 14.4. The molecule has 0 saturated carbocycles. The van der Waals surface area contributed by atoms with Gasteiger partial charge in [0.2, 0.25) is 0 Å². The van der Waals surface area contributed by atoms with Crippen molar-refractivity contribution in [3.05, 3.63) is 81.9 Å². The molecule has 0 aliphatic heterocycles. The number of hydrogen-bond acceptors (Lipinski definition) is 2.